The Labute approximate surface area is 83.3 Å². The third kappa shape index (κ3) is 4.55. The Morgan fingerprint density at radius 2 is 1.86 bits per heavy atom. The lowest BCUT2D eigenvalue weighted by Gasteiger charge is -2.20. The summed E-state index contributed by atoms with van der Waals surface area (Å²) in [5.41, 5.74) is -0.935. The van der Waals surface area contributed by atoms with Gasteiger partial charge in [0.25, 0.3) is 0 Å². The van der Waals surface area contributed by atoms with Crippen LogP contribution in [0.5, 0.6) is 0 Å². The first-order valence-corrected chi connectivity index (χ1v) is 4.47. The third-order valence-electron chi connectivity index (χ3n) is 1.91. The summed E-state index contributed by atoms with van der Waals surface area (Å²) in [4.78, 5) is 10.7. The molecule has 0 aliphatic heterocycles. The van der Waals surface area contributed by atoms with Crippen LogP contribution in [0.3, 0.4) is 0 Å². The quantitative estimate of drug-likeness (QED) is 0.533. The Hall–Kier alpha value is -0.650. The van der Waals surface area contributed by atoms with Crippen LogP contribution in [-0.2, 0) is 9.53 Å². The second-order valence-electron chi connectivity index (χ2n) is 3.94. The lowest BCUT2D eigenvalue weighted by atomic mass is 9.95. The van der Waals surface area contributed by atoms with E-state index in [0.29, 0.717) is 0 Å². The second kappa shape index (κ2) is 5.95. The predicted octanol–water partition coefficient (Wildman–Crippen LogP) is -0.285. The maximum absolute atomic E-state index is 10.7. The molecule has 0 aliphatic rings. The van der Waals surface area contributed by atoms with Gasteiger partial charge in [-0.3, -0.25) is 4.79 Å². The van der Waals surface area contributed by atoms with E-state index < -0.39 is 11.4 Å². The molecule has 3 N–H and O–H groups in total. The first kappa shape index (κ1) is 13.4. The van der Waals surface area contributed by atoms with Gasteiger partial charge in [-0.2, -0.15) is 0 Å². The van der Waals surface area contributed by atoms with Gasteiger partial charge in [-0.25, -0.2) is 0 Å². The Morgan fingerprint density at radius 3 is 2.21 bits per heavy atom. The van der Waals surface area contributed by atoms with Crippen LogP contribution in [0.1, 0.15) is 13.8 Å². The first-order chi connectivity index (χ1) is 6.44. The molecule has 84 valence electrons. The van der Waals surface area contributed by atoms with Crippen molar-refractivity contribution >= 4 is 5.97 Å². The summed E-state index contributed by atoms with van der Waals surface area (Å²) in [5.74, 6) is -1.26. The van der Waals surface area contributed by atoms with Crippen molar-refractivity contribution in [3.05, 3.63) is 0 Å². The van der Waals surface area contributed by atoms with Crippen molar-refractivity contribution in [3.8, 4) is 0 Å². The molecule has 0 aromatic carbocycles. The Kier molecular flexibility index (Phi) is 5.68. The molecular weight excluding hydrogens is 188 g/mol. The van der Waals surface area contributed by atoms with Crippen LogP contribution in [0.4, 0.5) is 0 Å². The van der Waals surface area contributed by atoms with Gasteiger partial charge in [-0.05, 0) is 13.8 Å². The topological polar surface area (TPSA) is 87.0 Å². The summed E-state index contributed by atoms with van der Waals surface area (Å²) in [5, 5.41) is 26.2. The number of hydrogen-bond donors (Lipinski definition) is 3. The van der Waals surface area contributed by atoms with Crippen LogP contribution in [0, 0.1) is 11.3 Å². The summed E-state index contributed by atoms with van der Waals surface area (Å²) in [6, 6.07) is 0. The zero-order valence-electron chi connectivity index (χ0n) is 8.56. The molecule has 0 aliphatic carbocycles. The largest absolute Gasteiger partial charge is 0.481 e. The normalized spacial score (nSPS) is 12.1. The molecule has 0 aromatic heterocycles. The van der Waals surface area contributed by atoms with Crippen molar-refractivity contribution in [2.24, 2.45) is 11.3 Å². The zero-order chi connectivity index (χ0) is 11.2. The average molecular weight is 206 g/mol. The van der Waals surface area contributed by atoms with E-state index in [9.17, 15) is 4.79 Å². The maximum atomic E-state index is 10.7. The smallest absolute Gasteiger partial charge is 0.311 e. The van der Waals surface area contributed by atoms with Crippen molar-refractivity contribution in [1.82, 2.24) is 0 Å². The molecule has 14 heavy (non-hydrogen) atoms. The molecular formula is C9H18O5. The van der Waals surface area contributed by atoms with Crippen molar-refractivity contribution in [2.45, 2.75) is 13.8 Å². The fraction of sp³-hybridized carbons (Fsp3) is 0.889. The zero-order valence-corrected chi connectivity index (χ0v) is 8.56. The van der Waals surface area contributed by atoms with Gasteiger partial charge in [0.2, 0.25) is 0 Å². The second-order valence-corrected chi connectivity index (χ2v) is 3.94. The van der Waals surface area contributed by atoms with Crippen molar-refractivity contribution in [3.63, 3.8) is 0 Å². The lowest BCUT2D eigenvalue weighted by Crippen LogP contribution is -2.31. The van der Waals surface area contributed by atoms with Crippen molar-refractivity contribution in [2.75, 3.05) is 26.4 Å². The number of ether oxygens (including phenoxy) is 1. The molecule has 0 amide bonds. The van der Waals surface area contributed by atoms with Crippen molar-refractivity contribution in [1.29, 1.82) is 0 Å². The molecule has 0 heterocycles. The van der Waals surface area contributed by atoms with Crippen LogP contribution in [0.25, 0.3) is 0 Å². The van der Waals surface area contributed by atoms with E-state index in [-0.39, 0.29) is 32.3 Å². The number of aliphatic carboxylic acids is 1. The highest BCUT2D eigenvalue weighted by molar-refractivity contribution is 5.73. The summed E-state index contributed by atoms with van der Waals surface area (Å²) < 4.78 is 5.10. The summed E-state index contributed by atoms with van der Waals surface area (Å²) in [7, 11) is 0. The number of carboxylic acid groups (broad SMARTS) is 1. The van der Waals surface area contributed by atoms with E-state index in [1.54, 1.807) is 13.8 Å². The lowest BCUT2D eigenvalue weighted by molar-refractivity contribution is -0.150. The fourth-order valence-electron chi connectivity index (χ4n) is 0.706. The van der Waals surface area contributed by atoms with Crippen LogP contribution in [0.15, 0.2) is 0 Å². The number of carbonyl (C=O) groups is 1. The van der Waals surface area contributed by atoms with Crippen LogP contribution >= 0.6 is 0 Å². The van der Waals surface area contributed by atoms with Crippen molar-refractivity contribution < 1.29 is 24.9 Å². The van der Waals surface area contributed by atoms with Crippen LogP contribution in [0.2, 0.25) is 0 Å². The van der Waals surface area contributed by atoms with Crippen LogP contribution < -0.4 is 0 Å². The van der Waals surface area contributed by atoms with Gasteiger partial charge < -0.3 is 20.1 Å². The number of carboxylic acids is 1. The maximum Gasteiger partial charge on any atom is 0.311 e. The molecule has 5 nitrogen and oxygen atoms in total. The minimum atomic E-state index is -0.935. The SMILES string of the molecule is CC(C)(COCC(CO)CO)C(=O)O. The van der Waals surface area contributed by atoms with Gasteiger partial charge in [-0.1, -0.05) is 0 Å². The molecule has 0 saturated heterocycles. The minimum Gasteiger partial charge on any atom is -0.481 e. The van der Waals surface area contributed by atoms with E-state index in [4.69, 9.17) is 20.1 Å². The highest BCUT2D eigenvalue weighted by Crippen LogP contribution is 2.15. The van der Waals surface area contributed by atoms with E-state index >= 15 is 0 Å². The first-order valence-electron chi connectivity index (χ1n) is 4.47. The van der Waals surface area contributed by atoms with Gasteiger partial charge in [-0.15, -0.1) is 0 Å². The molecule has 5 heteroatoms. The molecule has 0 bridgehead atoms. The Bertz CT molecular complexity index is 174. The molecule has 0 radical (unpaired) electrons. The van der Waals surface area contributed by atoms with Gasteiger partial charge in [0.15, 0.2) is 0 Å². The van der Waals surface area contributed by atoms with E-state index in [0.717, 1.165) is 0 Å². The van der Waals surface area contributed by atoms with Gasteiger partial charge in [0.05, 0.1) is 31.8 Å². The van der Waals surface area contributed by atoms with Gasteiger partial charge in [0.1, 0.15) is 0 Å². The molecule has 0 fully saturated rings. The Balaban J connectivity index is 3.78. The highest BCUT2D eigenvalue weighted by atomic mass is 16.5. The summed E-state index contributed by atoms with van der Waals surface area (Å²) in [6.45, 7) is 3.03. The Morgan fingerprint density at radius 1 is 1.36 bits per heavy atom. The predicted molar refractivity (Wildman–Crippen MR) is 49.9 cm³/mol. The third-order valence-corrected chi connectivity index (χ3v) is 1.91. The molecule has 0 spiro atoms. The number of hydrogen-bond acceptors (Lipinski definition) is 4. The van der Waals surface area contributed by atoms with E-state index in [2.05, 4.69) is 0 Å². The molecule has 0 aromatic rings. The van der Waals surface area contributed by atoms with Gasteiger partial charge >= 0.3 is 5.97 Å². The minimum absolute atomic E-state index is 0.0683. The molecule has 0 atom stereocenters. The standard InChI is InChI=1S/C9H18O5/c1-9(2,8(12)13)6-14-5-7(3-10)4-11/h7,10-11H,3-6H2,1-2H3,(H,12,13). The highest BCUT2D eigenvalue weighted by Gasteiger charge is 2.27. The number of aliphatic hydroxyl groups excluding tert-OH is 2. The monoisotopic (exact) mass is 206 g/mol. The summed E-state index contributed by atoms with van der Waals surface area (Å²) in [6.07, 6.45) is 0. The molecule has 0 rings (SSSR count). The fourth-order valence-corrected chi connectivity index (χ4v) is 0.706. The van der Waals surface area contributed by atoms with E-state index in [1.807, 2.05) is 0 Å². The summed E-state index contributed by atoms with van der Waals surface area (Å²) >= 11 is 0. The van der Waals surface area contributed by atoms with Crippen LogP contribution in [-0.4, -0.2) is 47.7 Å². The van der Waals surface area contributed by atoms with E-state index in [1.165, 1.54) is 0 Å². The molecule has 0 saturated carbocycles. The number of rotatable bonds is 7. The van der Waals surface area contributed by atoms with Gasteiger partial charge in [0, 0.05) is 5.92 Å². The average Bonchev–Trinajstić information content (AvgIpc) is 2.12. The molecule has 0 unspecified atom stereocenters. The number of aliphatic hydroxyl groups is 2.